The van der Waals surface area contributed by atoms with Crippen LogP contribution in [0.1, 0.15) is 83.1 Å². The molecule has 0 bridgehead atoms. The molecule has 5 heteroatoms. The van der Waals surface area contributed by atoms with Crippen LogP contribution in [0.25, 0.3) is 0 Å². The molecule has 0 amide bonds. The van der Waals surface area contributed by atoms with E-state index >= 15 is 0 Å². The van der Waals surface area contributed by atoms with Gasteiger partial charge in [-0.2, -0.15) is 0 Å². The molecule has 0 spiro atoms. The fourth-order valence-electron chi connectivity index (χ4n) is 1.13. The van der Waals surface area contributed by atoms with E-state index in [4.69, 9.17) is 11.0 Å². The third kappa shape index (κ3) is 8.26. The summed E-state index contributed by atoms with van der Waals surface area (Å²) < 4.78 is 31.1. The van der Waals surface area contributed by atoms with Gasteiger partial charge in [-0.15, -0.1) is 0 Å². The number of hydrogen-bond donors (Lipinski definition) is 0. The van der Waals surface area contributed by atoms with Crippen LogP contribution in [-0.4, -0.2) is 18.3 Å². The summed E-state index contributed by atoms with van der Waals surface area (Å²) in [5.74, 6) is 0. The third-order valence-electron chi connectivity index (χ3n) is 4.52. The molecule has 0 aliphatic heterocycles. The Labute approximate surface area is 147 Å². The molecule has 0 aromatic carbocycles. The van der Waals surface area contributed by atoms with Crippen molar-refractivity contribution in [2.75, 3.05) is 0 Å². The molecule has 0 radical (unpaired) electrons. The van der Waals surface area contributed by atoms with Gasteiger partial charge in [-0.25, -0.2) is 0 Å². The summed E-state index contributed by atoms with van der Waals surface area (Å²) >= 11 is -4.42. The van der Waals surface area contributed by atoms with Crippen LogP contribution in [0.5, 0.6) is 0 Å². The van der Waals surface area contributed by atoms with Crippen molar-refractivity contribution >= 4 is 0 Å². The Bertz CT molecular complexity index is 350. The molecule has 3 unspecified atom stereocenters. The van der Waals surface area contributed by atoms with E-state index in [1.54, 1.807) is 0 Å². The van der Waals surface area contributed by atoms with Crippen LogP contribution in [0.4, 0.5) is 0 Å². The van der Waals surface area contributed by atoms with Crippen LogP contribution in [0.3, 0.4) is 0 Å². The molecule has 0 aliphatic carbocycles. The topological polar surface area (TPSA) is 44.8 Å². The van der Waals surface area contributed by atoms with Crippen LogP contribution < -0.4 is 0 Å². The normalized spacial score (nSPS) is 20.7. The molecule has 0 aromatic rings. The van der Waals surface area contributed by atoms with E-state index in [9.17, 15) is 3.67 Å². The molecule has 0 saturated carbocycles. The minimum atomic E-state index is -4.42. The van der Waals surface area contributed by atoms with Gasteiger partial charge in [-0.3, -0.25) is 0 Å². The summed E-state index contributed by atoms with van der Waals surface area (Å²) in [6, 6.07) is 0. The van der Waals surface area contributed by atoms with Gasteiger partial charge in [0.25, 0.3) is 0 Å². The number of hydrogen-bond acceptors (Lipinski definition) is 4. The van der Waals surface area contributed by atoms with Crippen LogP contribution in [0.2, 0.25) is 0 Å². The molecule has 0 rings (SSSR count). The first-order valence-electron chi connectivity index (χ1n) is 8.54. The second kappa shape index (κ2) is 7.66. The maximum absolute atomic E-state index is 13.4. The van der Waals surface area contributed by atoms with E-state index in [1.165, 1.54) is 0 Å². The first-order valence-corrected chi connectivity index (χ1v) is 10.8. The van der Waals surface area contributed by atoms with Crippen LogP contribution in [0, 0.1) is 16.2 Å². The van der Waals surface area contributed by atoms with Crippen LogP contribution >= 0.6 is 0 Å². The molecule has 0 aliphatic rings. The Morgan fingerprint density at radius 2 is 0.739 bits per heavy atom. The van der Waals surface area contributed by atoms with Crippen molar-refractivity contribution in [1.29, 1.82) is 0 Å². The van der Waals surface area contributed by atoms with Gasteiger partial charge < -0.3 is 0 Å². The third-order valence-corrected chi connectivity index (χ3v) is 7.21. The Balaban J connectivity index is 5.40. The van der Waals surface area contributed by atoms with Gasteiger partial charge in [0.2, 0.25) is 0 Å². The zero-order chi connectivity index (χ0) is 18.9. The van der Waals surface area contributed by atoms with Gasteiger partial charge >= 0.3 is 147 Å². The Kier molecular flexibility index (Phi) is 7.74. The maximum atomic E-state index is 13.4. The molecule has 3 atom stereocenters. The SMILES string of the molecule is CC([O][V](=[O])([O]C(C)C(C)(C)C)[O]C(C)C(C)(C)C)C(C)(C)C. The van der Waals surface area contributed by atoms with Crippen molar-refractivity contribution in [1.82, 2.24) is 0 Å². The minimum absolute atomic E-state index is 0.139. The molecule has 23 heavy (non-hydrogen) atoms. The summed E-state index contributed by atoms with van der Waals surface area (Å²) in [5, 5.41) is 0. The number of rotatable bonds is 6. The molecule has 0 saturated heterocycles. The Morgan fingerprint density at radius 3 is 0.870 bits per heavy atom. The predicted octanol–water partition coefficient (Wildman–Crippen LogP) is 5.58. The van der Waals surface area contributed by atoms with Crippen LogP contribution in [-0.2, 0) is 29.7 Å². The van der Waals surface area contributed by atoms with Crippen LogP contribution in [0.15, 0.2) is 0 Å². The molecule has 0 fully saturated rings. The van der Waals surface area contributed by atoms with Gasteiger partial charge in [-0.1, -0.05) is 0 Å². The van der Waals surface area contributed by atoms with E-state index in [0.717, 1.165) is 0 Å². The van der Waals surface area contributed by atoms with E-state index in [0.29, 0.717) is 0 Å². The van der Waals surface area contributed by atoms with E-state index < -0.39 is 15.0 Å². The average molecular weight is 370 g/mol. The molecule has 0 aromatic heterocycles. The summed E-state index contributed by atoms with van der Waals surface area (Å²) in [6.07, 6.45) is -0.689. The van der Waals surface area contributed by atoms with Crippen molar-refractivity contribution in [2.24, 2.45) is 16.2 Å². The van der Waals surface area contributed by atoms with Crippen molar-refractivity contribution < 1.29 is 29.7 Å². The van der Waals surface area contributed by atoms with Gasteiger partial charge in [-0.05, 0) is 0 Å². The van der Waals surface area contributed by atoms with Crippen molar-refractivity contribution in [3.05, 3.63) is 0 Å². The van der Waals surface area contributed by atoms with Crippen molar-refractivity contribution in [3.63, 3.8) is 0 Å². The molecule has 4 nitrogen and oxygen atoms in total. The second-order valence-corrected chi connectivity index (χ2v) is 12.2. The second-order valence-electron chi connectivity index (χ2n) is 9.79. The fraction of sp³-hybridized carbons (Fsp3) is 1.00. The zero-order valence-electron chi connectivity index (χ0n) is 17.3. The van der Waals surface area contributed by atoms with Gasteiger partial charge in [0.05, 0.1) is 0 Å². The summed E-state index contributed by atoms with van der Waals surface area (Å²) in [5.41, 5.74) is -0.418. The summed E-state index contributed by atoms with van der Waals surface area (Å²) in [7, 11) is 0. The van der Waals surface area contributed by atoms with E-state index in [1.807, 2.05) is 20.8 Å². The van der Waals surface area contributed by atoms with E-state index in [-0.39, 0.29) is 34.6 Å². The van der Waals surface area contributed by atoms with Gasteiger partial charge in [0.15, 0.2) is 0 Å². The van der Waals surface area contributed by atoms with Crippen molar-refractivity contribution in [2.45, 2.75) is 101 Å². The molecule has 140 valence electrons. The molecule has 0 heterocycles. The molecular formula is C18H39O4V. The Hall–Kier alpha value is 0.264. The van der Waals surface area contributed by atoms with Crippen molar-refractivity contribution in [3.8, 4) is 0 Å². The predicted molar refractivity (Wildman–Crippen MR) is 90.7 cm³/mol. The standard InChI is InChI=1S/3C6H13O.O.V/c3*1-5(7)6(2,3)4;;/h3*5H,1-4H3;;/q3*-1;;+3. The quantitative estimate of drug-likeness (QED) is 0.612. The van der Waals surface area contributed by atoms with Gasteiger partial charge in [0.1, 0.15) is 0 Å². The monoisotopic (exact) mass is 370 g/mol. The van der Waals surface area contributed by atoms with Gasteiger partial charge in [0, 0.05) is 0 Å². The fourth-order valence-corrected chi connectivity index (χ4v) is 4.66. The summed E-state index contributed by atoms with van der Waals surface area (Å²) in [4.78, 5) is 0. The first-order chi connectivity index (χ1) is 9.88. The average Bonchev–Trinajstić information content (AvgIpc) is 2.23. The van der Waals surface area contributed by atoms with E-state index in [2.05, 4.69) is 62.3 Å². The zero-order valence-corrected chi connectivity index (χ0v) is 18.7. The first kappa shape index (κ1) is 23.3. The Morgan fingerprint density at radius 1 is 0.565 bits per heavy atom. The summed E-state index contributed by atoms with van der Waals surface area (Å²) in [6.45, 7) is 24.2. The molecule has 0 N–H and O–H groups in total. The molecular weight excluding hydrogens is 331 g/mol.